The molecule has 2 fully saturated rings. The highest BCUT2D eigenvalue weighted by Gasteiger charge is 2.39. The zero-order valence-corrected chi connectivity index (χ0v) is 8.18. The first-order chi connectivity index (χ1) is 5.85. The third kappa shape index (κ3) is 1.50. The Kier molecular flexibility index (Phi) is 2.37. The van der Waals surface area contributed by atoms with E-state index in [1.807, 2.05) is 0 Å². The summed E-state index contributed by atoms with van der Waals surface area (Å²) in [4.78, 5) is 2.62. The summed E-state index contributed by atoms with van der Waals surface area (Å²) >= 11 is 0. The van der Waals surface area contributed by atoms with E-state index in [1.165, 1.54) is 52.0 Å². The Hall–Kier alpha value is -0.0800. The maximum absolute atomic E-state index is 2.62. The van der Waals surface area contributed by atoms with Crippen LogP contribution in [0.5, 0.6) is 0 Å². The van der Waals surface area contributed by atoms with Crippen molar-refractivity contribution in [3.05, 3.63) is 0 Å². The topological polar surface area (TPSA) is 19.9 Å². The van der Waals surface area contributed by atoms with Crippen LogP contribution in [-0.4, -0.2) is 37.6 Å². The molecule has 2 heterocycles. The molecule has 1 spiro atoms. The Morgan fingerprint density at radius 3 is 2.58 bits per heavy atom. The predicted octanol–water partition coefficient (Wildman–Crippen LogP) is 0.0556. The Morgan fingerprint density at radius 1 is 1.25 bits per heavy atom. The summed E-state index contributed by atoms with van der Waals surface area (Å²) in [5.74, 6) is 0. The van der Waals surface area contributed by atoms with Crippen molar-refractivity contribution >= 4 is 0 Å². The molecule has 70 valence electrons. The van der Waals surface area contributed by atoms with E-state index >= 15 is 0 Å². The maximum atomic E-state index is 2.62. The van der Waals surface area contributed by atoms with E-state index in [-0.39, 0.29) is 0 Å². The van der Waals surface area contributed by atoms with Gasteiger partial charge in [0.25, 0.3) is 0 Å². The number of hydrogen-bond acceptors (Lipinski definition) is 1. The van der Waals surface area contributed by atoms with Gasteiger partial charge in [-0.2, -0.15) is 0 Å². The normalized spacial score (nSPS) is 29.8. The summed E-state index contributed by atoms with van der Waals surface area (Å²) in [6.07, 6.45) is 4.39. The number of hydrogen-bond donors (Lipinski definition) is 1. The molecule has 2 aliphatic rings. The van der Waals surface area contributed by atoms with Gasteiger partial charge in [-0.15, -0.1) is 0 Å². The van der Waals surface area contributed by atoms with Crippen LogP contribution in [0.25, 0.3) is 0 Å². The van der Waals surface area contributed by atoms with Crippen molar-refractivity contribution < 1.29 is 5.32 Å². The number of piperidine rings is 1. The van der Waals surface area contributed by atoms with Crippen molar-refractivity contribution in [2.45, 2.75) is 26.2 Å². The molecule has 0 amide bonds. The van der Waals surface area contributed by atoms with Crippen molar-refractivity contribution in [2.24, 2.45) is 5.41 Å². The molecule has 0 bridgehead atoms. The van der Waals surface area contributed by atoms with Crippen molar-refractivity contribution in [3.8, 4) is 0 Å². The molecule has 0 saturated carbocycles. The molecule has 2 heteroatoms. The van der Waals surface area contributed by atoms with E-state index < -0.39 is 0 Å². The van der Waals surface area contributed by atoms with Crippen LogP contribution >= 0.6 is 0 Å². The van der Waals surface area contributed by atoms with Crippen molar-refractivity contribution in [3.63, 3.8) is 0 Å². The summed E-state index contributed by atoms with van der Waals surface area (Å²) in [5, 5.41) is 2.47. The lowest BCUT2D eigenvalue weighted by atomic mass is 9.78. The van der Waals surface area contributed by atoms with E-state index in [2.05, 4.69) is 17.1 Å². The Labute approximate surface area is 75.3 Å². The van der Waals surface area contributed by atoms with E-state index in [0.717, 1.165) is 5.41 Å². The number of nitrogens with zero attached hydrogens (tertiary/aromatic N) is 1. The van der Waals surface area contributed by atoms with Crippen LogP contribution in [0.4, 0.5) is 0 Å². The molecule has 2 rings (SSSR count). The van der Waals surface area contributed by atoms with E-state index in [9.17, 15) is 0 Å². The summed E-state index contributed by atoms with van der Waals surface area (Å²) in [5.41, 5.74) is 0.741. The van der Waals surface area contributed by atoms with Gasteiger partial charge in [-0.05, 0) is 24.9 Å². The molecule has 0 aromatic carbocycles. The smallest absolute Gasteiger partial charge is 0.0761 e. The monoisotopic (exact) mass is 169 g/mol. The van der Waals surface area contributed by atoms with E-state index in [1.54, 1.807) is 0 Å². The van der Waals surface area contributed by atoms with Crippen LogP contribution in [0.15, 0.2) is 0 Å². The molecule has 2 saturated heterocycles. The van der Waals surface area contributed by atoms with Gasteiger partial charge in [-0.1, -0.05) is 6.92 Å². The van der Waals surface area contributed by atoms with Crippen molar-refractivity contribution in [1.29, 1.82) is 0 Å². The highest BCUT2D eigenvalue weighted by molar-refractivity contribution is 4.89. The Morgan fingerprint density at radius 2 is 2.00 bits per heavy atom. The molecule has 0 unspecified atom stereocenters. The predicted molar refractivity (Wildman–Crippen MR) is 50.1 cm³/mol. The molecular formula is C10H21N2+. The standard InChI is InChI=1S/C10H20N2/c1-2-12-8-5-10(9-12)3-6-11-7-4-10/h11H,2-9H2,1H3/p+1. The number of likely N-dealkylation sites (tertiary alicyclic amines) is 1. The minimum absolute atomic E-state index is 0.741. The van der Waals surface area contributed by atoms with E-state index in [4.69, 9.17) is 0 Å². The maximum Gasteiger partial charge on any atom is 0.0761 e. The SMILES string of the molecule is CCN1CCC2(CC[NH2+]CC2)C1. The Balaban J connectivity index is 1.94. The lowest BCUT2D eigenvalue weighted by Gasteiger charge is -2.31. The van der Waals surface area contributed by atoms with E-state index in [0.29, 0.717) is 0 Å². The van der Waals surface area contributed by atoms with Gasteiger partial charge in [0, 0.05) is 19.4 Å². The van der Waals surface area contributed by atoms with Gasteiger partial charge >= 0.3 is 0 Å². The van der Waals surface area contributed by atoms with Crippen LogP contribution in [0.3, 0.4) is 0 Å². The van der Waals surface area contributed by atoms with Gasteiger partial charge in [0.2, 0.25) is 0 Å². The second-order valence-electron chi connectivity index (χ2n) is 4.48. The lowest BCUT2D eigenvalue weighted by molar-refractivity contribution is -0.667. The van der Waals surface area contributed by atoms with Crippen LogP contribution < -0.4 is 5.32 Å². The second-order valence-corrected chi connectivity index (χ2v) is 4.48. The molecular weight excluding hydrogens is 148 g/mol. The van der Waals surface area contributed by atoms with Crippen LogP contribution in [-0.2, 0) is 0 Å². The van der Waals surface area contributed by atoms with Gasteiger partial charge in [0.15, 0.2) is 0 Å². The molecule has 12 heavy (non-hydrogen) atoms. The average molecular weight is 169 g/mol. The second kappa shape index (κ2) is 3.35. The highest BCUT2D eigenvalue weighted by Crippen LogP contribution is 2.37. The third-order valence-electron chi connectivity index (χ3n) is 3.72. The molecule has 0 aromatic heterocycles. The average Bonchev–Trinajstić information content (AvgIpc) is 2.50. The van der Waals surface area contributed by atoms with Gasteiger partial charge in [0.05, 0.1) is 13.1 Å². The molecule has 2 aliphatic heterocycles. The van der Waals surface area contributed by atoms with Gasteiger partial charge in [-0.3, -0.25) is 0 Å². The minimum atomic E-state index is 0.741. The fourth-order valence-electron chi connectivity index (χ4n) is 2.79. The first-order valence-corrected chi connectivity index (χ1v) is 5.39. The number of quaternary nitrogens is 1. The number of rotatable bonds is 1. The van der Waals surface area contributed by atoms with Crippen molar-refractivity contribution in [2.75, 3.05) is 32.7 Å². The quantitative estimate of drug-likeness (QED) is 0.588. The molecule has 0 radical (unpaired) electrons. The highest BCUT2D eigenvalue weighted by atomic mass is 15.2. The summed E-state index contributed by atoms with van der Waals surface area (Å²) in [6, 6.07) is 0. The Bertz CT molecular complexity index is 150. The largest absolute Gasteiger partial charge is 0.346 e. The summed E-state index contributed by atoms with van der Waals surface area (Å²) in [6.45, 7) is 9.03. The molecule has 2 N–H and O–H groups in total. The van der Waals surface area contributed by atoms with Crippen molar-refractivity contribution in [1.82, 2.24) is 4.90 Å². The summed E-state index contributed by atoms with van der Waals surface area (Å²) < 4.78 is 0. The molecule has 0 atom stereocenters. The lowest BCUT2D eigenvalue weighted by Crippen LogP contribution is -2.87. The fraction of sp³-hybridized carbons (Fsp3) is 1.00. The van der Waals surface area contributed by atoms with Gasteiger partial charge in [-0.25, -0.2) is 0 Å². The molecule has 0 aliphatic carbocycles. The van der Waals surface area contributed by atoms with Crippen LogP contribution in [0.2, 0.25) is 0 Å². The zero-order chi connectivity index (χ0) is 8.44. The molecule has 2 nitrogen and oxygen atoms in total. The fourth-order valence-corrected chi connectivity index (χ4v) is 2.79. The zero-order valence-electron chi connectivity index (χ0n) is 8.18. The minimum Gasteiger partial charge on any atom is -0.346 e. The third-order valence-corrected chi connectivity index (χ3v) is 3.72. The first-order valence-electron chi connectivity index (χ1n) is 5.39. The summed E-state index contributed by atoms with van der Waals surface area (Å²) in [7, 11) is 0. The van der Waals surface area contributed by atoms with Crippen LogP contribution in [0.1, 0.15) is 26.2 Å². The van der Waals surface area contributed by atoms with Gasteiger partial charge < -0.3 is 10.2 Å². The first kappa shape index (κ1) is 8.52. The number of nitrogens with two attached hydrogens (primary N) is 1. The van der Waals surface area contributed by atoms with Gasteiger partial charge in [0.1, 0.15) is 0 Å². The molecule has 0 aromatic rings. The van der Waals surface area contributed by atoms with Crippen LogP contribution in [0, 0.1) is 5.41 Å².